The summed E-state index contributed by atoms with van der Waals surface area (Å²) in [6, 6.07) is 7.83. The van der Waals surface area contributed by atoms with E-state index in [4.69, 9.17) is 9.47 Å². The molecule has 1 amide bonds. The van der Waals surface area contributed by atoms with Crippen molar-refractivity contribution in [3.05, 3.63) is 45.6 Å². The first-order valence-electron chi connectivity index (χ1n) is 11.1. The Morgan fingerprint density at radius 2 is 1.91 bits per heavy atom. The lowest BCUT2D eigenvalue weighted by molar-refractivity contribution is -0.123. The number of rotatable bonds is 6. The number of amides is 1. The Balaban J connectivity index is 1.34. The average molecular weight is 493 g/mol. The summed E-state index contributed by atoms with van der Waals surface area (Å²) in [5.41, 5.74) is 1.62. The van der Waals surface area contributed by atoms with E-state index in [0.717, 1.165) is 19.3 Å². The van der Waals surface area contributed by atoms with Crippen molar-refractivity contribution in [1.82, 2.24) is 4.31 Å². The van der Waals surface area contributed by atoms with Gasteiger partial charge in [-0.15, -0.1) is 11.3 Å². The van der Waals surface area contributed by atoms with Crippen LogP contribution in [0.15, 0.2) is 35.2 Å². The van der Waals surface area contributed by atoms with Crippen LogP contribution in [0.2, 0.25) is 0 Å². The highest BCUT2D eigenvalue weighted by Gasteiger charge is 2.27. The number of sulfonamides is 1. The number of hydrogen-bond acceptors (Lipinski definition) is 7. The maximum atomic E-state index is 12.7. The standard InChI is InChI=1S/C23H28N2O6S2/c1-15-3-8-20-17(13-15)14-21(32-20)23(27)31-16(2)22(26)24-18-4-6-19(7-5-18)33(28,29)25-9-11-30-12-10-25/h4-7,14-16H,3,8-13H2,1-2H3,(H,24,26). The van der Waals surface area contributed by atoms with Crippen molar-refractivity contribution in [2.24, 2.45) is 5.92 Å². The summed E-state index contributed by atoms with van der Waals surface area (Å²) in [4.78, 5) is 27.0. The van der Waals surface area contributed by atoms with Gasteiger partial charge in [-0.25, -0.2) is 13.2 Å². The van der Waals surface area contributed by atoms with E-state index in [1.807, 2.05) is 6.07 Å². The third-order valence-electron chi connectivity index (χ3n) is 5.91. The molecule has 0 spiro atoms. The van der Waals surface area contributed by atoms with Crippen molar-refractivity contribution >= 4 is 38.9 Å². The van der Waals surface area contributed by atoms with Gasteiger partial charge in [-0.05, 0) is 68.0 Å². The number of hydrogen-bond donors (Lipinski definition) is 1. The second-order valence-electron chi connectivity index (χ2n) is 8.48. The Morgan fingerprint density at radius 3 is 2.61 bits per heavy atom. The SMILES string of the molecule is CC1CCc2sc(C(=O)OC(C)C(=O)Nc3ccc(S(=O)(=O)N4CCOCC4)cc3)cc2C1. The predicted octanol–water partition coefficient (Wildman–Crippen LogP) is 3.08. The second kappa shape index (κ2) is 9.92. The zero-order valence-electron chi connectivity index (χ0n) is 18.7. The van der Waals surface area contributed by atoms with Crippen LogP contribution < -0.4 is 5.32 Å². The normalized spacial score (nSPS) is 20.0. The highest BCUT2D eigenvalue weighted by molar-refractivity contribution is 7.89. The van der Waals surface area contributed by atoms with Crippen LogP contribution in [0.3, 0.4) is 0 Å². The van der Waals surface area contributed by atoms with E-state index in [9.17, 15) is 18.0 Å². The van der Waals surface area contributed by atoms with Crippen molar-refractivity contribution in [2.45, 2.75) is 44.1 Å². The maximum absolute atomic E-state index is 12.7. The van der Waals surface area contributed by atoms with E-state index in [0.29, 0.717) is 42.8 Å². The molecule has 33 heavy (non-hydrogen) atoms. The van der Waals surface area contributed by atoms with Crippen LogP contribution in [0.25, 0.3) is 0 Å². The smallest absolute Gasteiger partial charge is 0.349 e. The van der Waals surface area contributed by atoms with Crippen LogP contribution in [-0.2, 0) is 37.1 Å². The van der Waals surface area contributed by atoms with Crippen LogP contribution in [0.5, 0.6) is 0 Å². The molecule has 1 saturated heterocycles. The third kappa shape index (κ3) is 5.46. The van der Waals surface area contributed by atoms with Gasteiger partial charge in [0.2, 0.25) is 10.0 Å². The van der Waals surface area contributed by atoms with Crippen molar-refractivity contribution in [3.63, 3.8) is 0 Å². The molecule has 2 atom stereocenters. The first-order chi connectivity index (χ1) is 15.7. The zero-order valence-corrected chi connectivity index (χ0v) is 20.3. The molecule has 1 aliphatic heterocycles. The number of benzene rings is 1. The molecule has 2 unspecified atom stereocenters. The summed E-state index contributed by atoms with van der Waals surface area (Å²) in [7, 11) is -3.60. The summed E-state index contributed by atoms with van der Waals surface area (Å²) >= 11 is 1.44. The lowest BCUT2D eigenvalue weighted by Crippen LogP contribution is -2.40. The predicted molar refractivity (Wildman–Crippen MR) is 125 cm³/mol. The molecule has 0 bridgehead atoms. The molecule has 2 aromatic rings. The van der Waals surface area contributed by atoms with Gasteiger partial charge in [-0.1, -0.05) is 6.92 Å². The van der Waals surface area contributed by atoms with Crippen LogP contribution in [-0.4, -0.2) is 57.0 Å². The number of esters is 1. The highest BCUT2D eigenvalue weighted by atomic mass is 32.2. The molecule has 1 fully saturated rings. The van der Waals surface area contributed by atoms with Gasteiger partial charge >= 0.3 is 5.97 Å². The highest BCUT2D eigenvalue weighted by Crippen LogP contribution is 2.32. The molecule has 10 heteroatoms. The monoisotopic (exact) mass is 492 g/mol. The Labute approximate surface area is 197 Å². The van der Waals surface area contributed by atoms with E-state index < -0.39 is 28.0 Å². The van der Waals surface area contributed by atoms with Gasteiger partial charge in [0.05, 0.1) is 18.1 Å². The number of carbonyl (C=O) groups excluding carboxylic acids is 2. The maximum Gasteiger partial charge on any atom is 0.349 e. The Hall–Kier alpha value is -2.27. The number of nitrogens with one attached hydrogen (secondary N) is 1. The number of thiophene rings is 1. The van der Waals surface area contributed by atoms with Gasteiger partial charge in [-0.3, -0.25) is 4.79 Å². The Bertz CT molecular complexity index is 1120. The molecule has 178 valence electrons. The van der Waals surface area contributed by atoms with Crippen LogP contribution in [0.1, 0.15) is 40.4 Å². The van der Waals surface area contributed by atoms with Crippen molar-refractivity contribution < 1.29 is 27.5 Å². The number of nitrogens with zero attached hydrogens (tertiary/aromatic N) is 1. The number of carbonyl (C=O) groups is 2. The summed E-state index contributed by atoms with van der Waals surface area (Å²) in [5.74, 6) is -0.380. The van der Waals surface area contributed by atoms with E-state index >= 15 is 0 Å². The van der Waals surface area contributed by atoms with Gasteiger partial charge in [-0.2, -0.15) is 4.31 Å². The largest absolute Gasteiger partial charge is 0.448 e. The molecule has 8 nitrogen and oxygen atoms in total. The van der Waals surface area contributed by atoms with E-state index in [2.05, 4.69) is 12.2 Å². The molecular weight excluding hydrogens is 464 g/mol. The molecule has 1 aromatic heterocycles. The van der Waals surface area contributed by atoms with Crippen molar-refractivity contribution in [2.75, 3.05) is 31.6 Å². The van der Waals surface area contributed by atoms with E-state index in [-0.39, 0.29) is 4.90 Å². The molecule has 0 saturated carbocycles. The fraction of sp³-hybridized carbons (Fsp3) is 0.478. The fourth-order valence-electron chi connectivity index (χ4n) is 3.97. The molecule has 4 rings (SSSR count). The van der Waals surface area contributed by atoms with Gasteiger partial charge in [0.15, 0.2) is 6.10 Å². The number of aryl methyl sites for hydroxylation is 1. The number of fused-ring (bicyclic) bond motifs is 1. The minimum absolute atomic E-state index is 0.151. The molecule has 1 aliphatic carbocycles. The summed E-state index contributed by atoms with van der Waals surface area (Å²) in [5, 5.41) is 2.67. The molecule has 0 radical (unpaired) electrons. The van der Waals surface area contributed by atoms with Gasteiger partial charge in [0, 0.05) is 23.7 Å². The summed E-state index contributed by atoms with van der Waals surface area (Å²) in [6.45, 7) is 5.09. The van der Waals surface area contributed by atoms with Crippen LogP contribution >= 0.6 is 11.3 Å². The van der Waals surface area contributed by atoms with Crippen LogP contribution in [0, 0.1) is 5.92 Å². The zero-order chi connectivity index (χ0) is 23.6. The first kappa shape index (κ1) is 23.9. The number of anilines is 1. The minimum Gasteiger partial charge on any atom is -0.448 e. The molecular formula is C23H28N2O6S2. The number of ether oxygens (including phenoxy) is 2. The van der Waals surface area contributed by atoms with Crippen LogP contribution in [0.4, 0.5) is 5.69 Å². The van der Waals surface area contributed by atoms with Crippen molar-refractivity contribution in [3.8, 4) is 0 Å². The fourth-order valence-corrected chi connectivity index (χ4v) is 6.47. The quantitative estimate of drug-likeness (QED) is 0.622. The van der Waals surface area contributed by atoms with Gasteiger partial charge in [0.1, 0.15) is 4.88 Å². The van der Waals surface area contributed by atoms with Gasteiger partial charge in [0.25, 0.3) is 5.91 Å². The van der Waals surface area contributed by atoms with Crippen molar-refractivity contribution in [1.29, 1.82) is 0 Å². The minimum atomic E-state index is -3.60. The molecule has 1 N–H and O–H groups in total. The molecule has 2 heterocycles. The Morgan fingerprint density at radius 1 is 1.21 bits per heavy atom. The van der Waals surface area contributed by atoms with Gasteiger partial charge < -0.3 is 14.8 Å². The lowest BCUT2D eigenvalue weighted by atomic mass is 9.90. The molecule has 1 aromatic carbocycles. The topological polar surface area (TPSA) is 102 Å². The summed E-state index contributed by atoms with van der Waals surface area (Å²) < 4.78 is 37.4. The molecule has 2 aliphatic rings. The Kier molecular flexibility index (Phi) is 7.18. The first-order valence-corrected chi connectivity index (χ1v) is 13.3. The number of morpholine rings is 1. The third-order valence-corrected chi connectivity index (χ3v) is 9.04. The summed E-state index contributed by atoms with van der Waals surface area (Å²) in [6.07, 6.45) is 2.06. The second-order valence-corrected chi connectivity index (χ2v) is 11.6. The van der Waals surface area contributed by atoms with E-state index in [1.165, 1.54) is 57.3 Å². The lowest BCUT2D eigenvalue weighted by Gasteiger charge is -2.26. The van der Waals surface area contributed by atoms with E-state index in [1.54, 1.807) is 0 Å². The average Bonchev–Trinajstić information content (AvgIpc) is 3.23.